The van der Waals surface area contributed by atoms with Crippen molar-refractivity contribution in [1.29, 1.82) is 0 Å². The SMILES string of the molecule is CCCCCCc1ccc(O)c(C=N[C@@H]2CCCC[C@H]2N=Cc2cc(CCCCCC)ccc2O)c1. The summed E-state index contributed by atoms with van der Waals surface area (Å²) in [6.45, 7) is 4.46. The van der Waals surface area contributed by atoms with Crippen molar-refractivity contribution in [2.45, 2.75) is 116 Å². The Hall–Kier alpha value is -2.62. The molecule has 0 heterocycles. The molecule has 0 unspecified atom stereocenters. The summed E-state index contributed by atoms with van der Waals surface area (Å²) in [5.41, 5.74) is 4.11. The molecule has 1 aliphatic rings. The summed E-state index contributed by atoms with van der Waals surface area (Å²) in [7, 11) is 0. The van der Waals surface area contributed by atoms with Crippen molar-refractivity contribution in [2.75, 3.05) is 0 Å². The normalized spacial score (nSPS) is 18.4. The van der Waals surface area contributed by atoms with Crippen molar-refractivity contribution in [3.05, 3.63) is 58.7 Å². The van der Waals surface area contributed by atoms with Gasteiger partial charge in [0, 0.05) is 23.6 Å². The summed E-state index contributed by atoms with van der Waals surface area (Å²) >= 11 is 0. The maximum atomic E-state index is 10.4. The van der Waals surface area contributed by atoms with Gasteiger partial charge in [0.25, 0.3) is 0 Å². The summed E-state index contributed by atoms with van der Waals surface area (Å²) < 4.78 is 0. The van der Waals surface area contributed by atoms with E-state index in [0.717, 1.165) is 49.7 Å². The van der Waals surface area contributed by atoms with Crippen LogP contribution in [0, 0.1) is 0 Å². The Bertz CT molecular complexity index is 903. The van der Waals surface area contributed by atoms with Gasteiger partial charge in [-0.1, -0.05) is 77.3 Å². The number of phenolic OH excluding ortho intramolecular Hbond substituents is 2. The van der Waals surface area contributed by atoms with Gasteiger partial charge < -0.3 is 10.2 Å². The number of phenols is 2. The fourth-order valence-corrected chi connectivity index (χ4v) is 5.03. The fraction of sp³-hybridized carbons (Fsp3) is 0.562. The number of nitrogens with zero attached hydrogens (tertiary/aromatic N) is 2. The van der Waals surface area contributed by atoms with E-state index in [4.69, 9.17) is 9.98 Å². The minimum atomic E-state index is 0.0991. The molecule has 3 rings (SSSR count). The van der Waals surface area contributed by atoms with E-state index < -0.39 is 0 Å². The summed E-state index contributed by atoms with van der Waals surface area (Å²) in [6, 6.07) is 12.0. The van der Waals surface area contributed by atoms with Crippen molar-refractivity contribution in [1.82, 2.24) is 0 Å². The highest BCUT2D eigenvalue weighted by Gasteiger charge is 2.23. The van der Waals surface area contributed by atoms with Crippen LogP contribution in [0.15, 0.2) is 46.4 Å². The third-order valence-corrected chi connectivity index (χ3v) is 7.33. The van der Waals surface area contributed by atoms with Gasteiger partial charge in [-0.25, -0.2) is 0 Å². The van der Waals surface area contributed by atoms with Gasteiger partial charge in [-0.15, -0.1) is 0 Å². The molecule has 1 fully saturated rings. The van der Waals surface area contributed by atoms with E-state index in [2.05, 4.69) is 26.0 Å². The first-order valence-electron chi connectivity index (χ1n) is 14.3. The molecule has 0 amide bonds. The zero-order valence-corrected chi connectivity index (χ0v) is 22.5. The smallest absolute Gasteiger partial charge is 0.124 e. The van der Waals surface area contributed by atoms with Gasteiger partial charge in [0.05, 0.1) is 12.1 Å². The van der Waals surface area contributed by atoms with Gasteiger partial charge >= 0.3 is 0 Å². The lowest BCUT2D eigenvalue weighted by Crippen LogP contribution is -2.27. The van der Waals surface area contributed by atoms with E-state index in [1.807, 2.05) is 24.6 Å². The number of aromatic hydroxyl groups is 2. The van der Waals surface area contributed by atoms with E-state index in [0.29, 0.717) is 0 Å². The molecule has 0 aliphatic heterocycles. The van der Waals surface area contributed by atoms with Crippen LogP contribution in [0.25, 0.3) is 0 Å². The van der Waals surface area contributed by atoms with Crippen molar-refractivity contribution < 1.29 is 10.2 Å². The van der Waals surface area contributed by atoms with Crippen LogP contribution in [0.2, 0.25) is 0 Å². The Labute approximate surface area is 218 Å². The van der Waals surface area contributed by atoms with Crippen LogP contribution in [0.4, 0.5) is 0 Å². The van der Waals surface area contributed by atoms with E-state index in [1.165, 1.54) is 62.5 Å². The molecule has 1 aliphatic carbocycles. The van der Waals surface area contributed by atoms with Gasteiger partial charge in [-0.2, -0.15) is 0 Å². The van der Waals surface area contributed by atoms with Crippen LogP contribution in [-0.2, 0) is 12.8 Å². The van der Waals surface area contributed by atoms with Crippen LogP contribution in [0.1, 0.15) is 113 Å². The average Bonchev–Trinajstić information content (AvgIpc) is 2.90. The zero-order chi connectivity index (χ0) is 25.6. The van der Waals surface area contributed by atoms with E-state index in [1.54, 1.807) is 12.1 Å². The van der Waals surface area contributed by atoms with Gasteiger partial charge in [0.1, 0.15) is 11.5 Å². The summed E-state index contributed by atoms with van der Waals surface area (Å²) in [6.07, 6.45) is 20.0. The largest absolute Gasteiger partial charge is 0.507 e. The maximum absolute atomic E-state index is 10.4. The summed E-state index contributed by atoms with van der Waals surface area (Å²) in [5.74, 6) is 0.570. The molecule has 196 valence electrons. The highest BCUT2D eigenvalue weighted by atomic mass is 16.3. The molecule has 2 aromatic carbocycles. The van der Waals surface area contributed by atoms with Gasteiger partial charge in [0.2, 0.25) is 0 Å². The second kappa shape index (κ2) is 15.5. The quantitative estimate of drug-likeness (QED) is 0.207. The van der Waals surface area contributed by atoms with E-state index in [9.17, 15) is 10.2 Å². The molecule has 2 aromatic rings. The van der Waals surface area contributed by atoms with Gasteiger partial charge in [-0.3, -0.25) is 9.98 Å². The Morgan fingerprint density at radius 3 is 1.53 bits per heavy atom. The molecule has 2 N–H and O–H groups in total. The third kappa shape index (κ3) is 9.11. The molecule has 2 atom stereocenters. The third-order valence-electron chi connectivity index (χ3n) is 7.33. The molecule has 1 saturated carbocycles. The molecular weight excluding hydrogens is 444 g/mol. The minimum absolute atomic E-state index is 0.0991. The average molecular weight is 491 g/mol. The van der Waals surface area contributed by atoms with Crippen molar-refractivity contribution in [3.63, 3.8) is 0 Å². The first-order valence-corrected chi connectivity index (χ1v) is 14.3. The second-order valence-corrected chi connectivity index (χ2v) is 10.4. The lowest BCUT2D eigenvalue weighted by Gasteiger charge is -2.25. The minimum Gasteiger partial charge on any atom is -0.507 e. The Morgan fingerprint density at radius 2 is 1.11 bits per heavy atom. The van der Waals surface area contributed by atoms with Crippen LogP contribution in [0.3, 0.4) is 0 Å². The van der Waals surface area contributed by atoms with Crippen LogP contribution < -0.4 is 0 Å². The molecule has 4 heteroatoms. The Balaban J connectivity index is 1.65. The molecule has 0 saturated heterocycles. The van der Waals surface area contributed by atoms with Crippen LogP contribution in [0.5, 0.6) is 11.5 Å². The molecule has 4 nitrogen and oxygen atoms in total. The maximum Gasteiger partial charge on any atom is 0.124 e. The van der Waals surface area contributed by atoms with Crippen LogP contribution >= 0.6 is 0 Å². The zero-order valence-electron chi connectivity index (χ0n) is 22.5. The number of hydrogen-bond donors (Lipinski definition) is 2. The highest BCUT2D eigenvalue weighted by molar-refractivity contribution is 5.84. The summed E-state index contributed by atoms with van der Waals surface area (Å²) in [4.78, 5) is 9.79. The Kier molecular flexibility index (Phi) is 12.0. The topological polar surface area (TPSA) is 65.2 Å². The number of rotatable bonds is 14. The lowest BCUT2D eigenvalue weighted by atomic mass is 9.91. The van der Waals surface area contributed by atoms with E-state index in [-0.39, 0.29) is 23.6 Å². The number of hydrogen-bond acceptors (Lipinski definition) is 4. The predicted octanol–water partition coefficient (Wildman–Crippen LogP) is 8.19. The second-order valence-electron chi connectivity index (χ2n) is 10.4. The van der Waals surface area contributed by atoms with Crippen molar-refractivity contribution in [3.8, 4) is 11.5 Å². The summed E-state index contributed by atoms with van der Waals surface area (Å²) in [5, 5.41) is 20.8. The van der Waals surface area contributed by atoms with Gasteiger partial charge in [-0.05, 0) is 73.9 Å². The fourth-order valence-electron chi connectivity index (χ4n) is 5.03. The molecule has 0 spiro atoms. The van der Waals surface area contributed by atoms with Gasteiger partial charge in [0.15, 0.2) is 0 Å². The van der Waals surface area contributed by atoms with Crippen molar-refractivity contribution in [2.24, 2.45) is 9.98 Å². The standard InChI is InChI=1S/C32H46N2O2/c1-3-5-7-9-13-25-17-19-31(35)27(21-25)23-33-29-15-11-12-16-30(29)34-24-28-22-26(18-20-32(28)36)14-10-8-6-4-2/h17-24,29-30,35-36H,3-16H2,1-2H3/t29-,30-/m1/s1. The number of unbranched alkanes of at least 4 members (excludes halogenated alkanes) is 6. The first-order chi connectivity index (χ1) is 17.6. The monoisotopic (exact) mass is 490 g/mol. The van der Waals surface area contributed by atoms with Crippen LogP contribution in [-0.4, -0.2) is 34.7 Å². The number of benzene rings is 2. The number of aryl methyl sites for hydroxylation is 2. The van der Waals surface area contributed by atoms with Crippen molar-refractivity contribution >= 4 is 12.4 Å². The Morgan fingerprint density at radius 1 is 0.667 bits per heavy atom. The lowest BCUT2D eigenvalue weighted by molar-refractivity contribution is 0.390. The molecule has 0 radical (unpaired) electrons. The number of aliphatic imine (C=N–C) groups is 2. The molecular formula is C32H46N2O2. The molecule has 36 heavy (non-hydrogen) atoms. The molecule has 0 aromatic heterocycles. The first kappa shape index (κ1) is 28.0. The molecule has 0 bridgehead atoms. The predicted molar refractivity (Wildman–Crippen MR) is 153 cm³/mol. The highest BCUT2D eigenvalue weighted by Crippen LogP contribution is 2.26. The van der Waals surface area contributed by atoms with E-state index >= 15 is 0 Å².